The maximum Gasteiger partial charge on any atom is 0.353 e. The van der Waals surface area contributed by atoms with Crippen molar-refractivity contribution in [2.75, 3.05) is 29.9 Å². The molecule has 3 aromatic heterocycles. The summed E-state index contributed by atoms with van der Waals surface area (Å²) in [5.74, 6) is 0.400. The summed E-state index contributed by atoms with van der Waals surface area (Å²) in [7, 11) is 0. The number of furan rings is 1. The van der Waals surface area contributed by atoms with Gasteiger partial charge in [-0.05, 0) is 25.5 Å². The van der Waals surface area contributed by atoms with E-state index in [1.165, 1.54) is 12.6 Å². The van der Waals surface area contributed by atoms with E-state index in [1.807, 2.05) is 10.8 Å². The molecule has 0 aliphatic carbocycles. The Labute approximate surface area is 184 Å². The first-order chi connectivity index (χ1) is 15.6. The van der Waals surface area contributed by atoms with Crippen LogP contribution in [0.5, 0.6) is 0 Å². The Kier molecular flexibility index (Phi) is 8.12. The van der Waals surface area contributed by atoms with E-state index in [0.29, 0.717) is 25.3 Å². The van der Waals surface area contributed by atoms with Crippen LogP contribution < -0.4 is 10.2 Å². The van der Waals surface area contributed by atoms with Crippen molar-refractivity contribution in [1.82, 2.24) is 19.5 Å². The van der Waals surface area contributed by atoms with Crippen LogP contribution in [-0.4, -0.2) is 50.1 Å². The average molecular weight is 443 g/mol. The quantitative estimate of drug-likeness (QED) is 0.181. The number of nitrogens with zero attached hydrogens (tertiary/aromatic N) is 6. The smallest absolute Gasteiger partial charge is 0.353 e. The standard InChI is InChI=1S/C20H25N7O5/c1-2-31-17(28)6-10-26(13-16-5-3-12-32-16)20-18(27(29)30)19(23-14-24-20)22-7-4-9-25-11-8-21-15-25/h3,5,8,11-12,14-15H,2,4,6-7,9-10,13H2,1H3,(H,22,23,24). The Balaban J connectivity index is 1.78. The van der Waals surface area contributed by atoms with Crippen molar-refractivity contribution in [2.24, 2.45) is 0 Å². The van der Waals surface area contributed by atoms with Gasteiger partial charge >= 0.3 is 11.7 Å². The number of ether oxygens (including phenoxy) is 1. The van der Waals surface area contributed by atoms with Crippen molar-refractivity contribution in [3.05, 3.63) is 59.3 Å². The number of aromatic nitrogens is 4. The molecule has 0 saturated carbocycles. The zero-order valence-electron chi connectivity index (χ0n) is 17.7. The SMILES string of the molecule is CCOC(=O)CCN(Cc1ccco1)c1ncnc(NCCCn2ccnc2)c1[N+](=O)[O-]. The summed E-state index contributed by atoms with van der Waals surface area (Å²) in [6.07, 6.45) is 8.79. The van der Waals surface area contributed by atoms with Crippen LogP contribution in [0, 0.1) is 10.1 Å². The number of nitrogens with one attached hydrogen (secondary N) is 1. The summed E-state index contributed by atoms with van der Waals surface area (Å²) in [6.45, 7) is 3.53. The van der Waals surface area contributed by atoms with Crippen LogP contribution >= 0.6 is 0 Å². The third-order valence-corrected chi connectivity index (χ3v) is 4.55. The lowest BCUT2D eigenvalue weighted by atomic mass is 10.3. The average Bonchev–Trinajstić information content (AvgIpc) is 3.48. The largest absolute Gasteiger partial charge is 0.467 e. The van der Waals surface area contributed by atoms with Gasteiger partial charge in [0.1, 0.15) is 12.1 Å². The molecule has 0 saturated heterocycles. The second-order valence-electron chi connectivity index (χ2n) is 6.79. The molecule has 0 unspecified atom stereocenters. The Bertz CT molecular complexity index is 992. The fourth-order valence-electron chi connectivity index (χ4n) is 3.10. The third-order valence-electron chi connectivity index (χ3n) is 4.55. The molecule has 0 fully saturated rings. The number of hydrogen-bond donors (Lipinski definition) is 1. The highest BCUT2D eigenvalue weighted by molar-refractivity contribution is 5.73. The van der Waals surface area contributed by atoms with Gasteiger partial charge in [-0.1, -0.05) is 0 Å². The Hall–Kier alpha value is -3.96. The van der Waals surface area contributed by atoms with E-state index >= 15 is 0 Å². The number of rotatable bonds is 13. The molecule has 3 heterocycles. The molecule has 0 bridgehead atoms. The maximum absolute atomic E-state index is 11.9. The second-order valence-corrected chi connectivity index (χ2v) is 6.79. The fraction of sp³-hybridized carbons (Fsp3) is 0.400. The topological polar surface area (TPSA) is 141 Å². The molecule has 0 spiro atoms. The van der Waals surface area contributed by atoms with Gasteiger partial charge in [0.25, 0.3) is 0 Å². The molecule has 0 aromatic carbocycles. The molecule has 0 amide bonds. The predicted molar refractivity (Wildman–Crippen MR) is 115 cm³/mol. The van der Waals surface area contributed by atoms with Gasteiger partial charge in [-0.25, -0.2) is 15.0 Å². The number of imidazole rings is 1. The molecular formula is C20H25N7O5. The lowest BCUT2D eigenvalue weighted by molar-refractivity contribution is -0.383. The predicted octanol–water partition coefficient (Wildman–Crippen LogP) is 2.64. The second kappa shape index (κ2) is 11.4. The van der Waals surface area contributed by atoms with Crippen molar-refractivity contribution in [3.8, 4) is 0 Å². The normalized spacial score (nSPS) is 10.7. The van der Waals surface area contributed by atoms with E-state index < -0.39 is 10.9 Å². The van der Waals surface area contributed by atoms with Gasteiger partial charge in [-0.2, -0.15) is 0 Å². The number of anilines is 2. The molecule has 1 N–H and O–H groups in total. The van der Waals surface area contributed by atoms with Crippen LogP contribution in [-0.2, 0) is 22.6 Å². The van der Waals surface area contributed by atoms with Crippen LogP contribution in [0.15, 0.2) is 47.9 Å². The van der Waals surface area contributed by atoms with E-state index in [2.05, 4.69) is 20.3 Å². The monoisotopic (exact) mass is 443 g/mol. The van der Waals surface area contributed by atoms with E-state index in [0.717, 1.165) is 0 Å². The molecule has 170 valence electrons. The van der Waals surface area contributed by atoms with Crippen LogP contribution in [0.3, 0.4) is 0 Å². The number of carbonyl (C=O) groups is 1. The van der Waals surface area contributed by atoms with Gasteiger partial charge in [0, 0.05) is 32.0 Å². The molecule has 0 aliphatic rings. The molecule has 0 atom stereocenters. The molecule has 3 aromatic rings. The van der Waals surface area contributed by atoms with Crippen LogP contribution in [0.1, 0.15) is 25.5 Å². The minimum absolute atomic E-state index is 0.0450. The maximum atomic E-state index is 11.9. The number of carbonyl (C=O) groups excluding carboxylic acids is 1. The zero-order valence-corrected chi connectivity index (χ0v) is 17.7. The molecule has 12 nitrogen and oxygen atoms in total. The van der Waals surface area contributed by atoms with Crippen molar-refractivity contribution in [3.63, 3.8) is 0 Å². The molecule has 0 aliphatic heterocycles. The van der Waals surface area contributed by atoms with E-state index in [-0.39, 0.29) is 43.4 Å². The van der Waals surface area contributed by atoms with Crippen molar-refractivity contribution < 1.29 is 18.9 Å². The van der Waals surface area contributed by atoms with Crippen LogP contribution in [0.4, 0.5) is 17.3 Å². The zero-order chi connectivity index (χ0) is 22.8. The number of esters is 1. The summed E-state index contributed by atoms with van der Waals surface area (Å²) in [6, 6.07) is 3.47. The van der Waals surface area contributed by atoms with Crippen molar-refractivity contribution in [1.29, 1.82) is 0 Å². The van der Waals surface area contributed by atoms with Gasteiger partial charge in [0.2, 0.25) is 11.6 Å². The van der Waals surface area contributed by atoms with E-state index in [9.17, 15) is 14.9 Å². The summed E-state index contributed by atoms with van der Waals surface area (Å²) < 4.78 is 12.3. The highest BCUT2D eigenvalue weighted by Crippen LogP contribution is 2.32. The summed E-state index contributed by atoms with van der Waals surface area (Å²) in [5, 5.41) is 15.0. The number of hydrogen-bond acceptors (Lipinski definition) is 10. The van der Waals surface area contributed by atoms with Crippen LogP contribution in [0.2, 0.25) is 0 Å². The molecule has 3 rings (SSSR count). The summed E-state index contributed by atoms with van der Waals surface area (Å²) in [4.78, 5) is 37.1. The van der Waals surface area contributed by atoms with Gasteiger partial charge in [0.05, 0.1) is 37.1 Å². The first kappa shape index (κ1) is 22.7. The first-order valence-electron chi connectivity index (χ1n) is 10.2. The lowest BCUT2D eigenvalue weighted by Gasteiger charge is -2.22. The minimum atomic E-state index is -0.521. The van der Waals surface area contributed by atoms with Crippen molar-refractivity contribution >= 4 is 23.3 Å². The molecule has 12 heteroatoms. The van der Waals surface area contributed by atoms with Crippen LogP contribution in [0.25, 0.3) is 0 Å². The van der Waals surface area contributed by atoms with Crippen molar-refractivity contribution in [2.45, 2.75) is 32.9 Å². The molecule has 32 heavy (non-hydrogen) atoms. The van der Waals surface area contributed by atoms with Gasteiger partial charge in [-0.3, -0.25) is 14.9 Å². The summed E-state index contributed by atoms with van der Waals surface area (Å²) >= 11 is 0. The Morgan fingerprint density at radius 1 is 1.41 bits per heavy atom. The number of aryl methyl sites for hydroxylation is 1. The van der Waals surface area contributed by atoms with Gasteiger partial charge in [0.15, 0.2) is 0 Å². The number of nitro groups is 1. The first-order valence-corrected chi connectivity index (χ1v) is 10.2. The third kappa shape index (κ3) is 6.27. The highest BCUT2D eigenvalue weighted by Gasteiger charge is 2.28. The molecule has 0 radical (unpaired) electrons. The van der Waals surface area contributed by atoms with E-state index in [4.69, 9.17) is 9.15 Å². The fourth-order valence-corrected chi connectivity index (χ4v) is 3.10. The Morgan fingerprint density at radius 2 is 2.28 bits per heavy atom. The Morgan fingerprint density at radius 3 is 2.97 bits per heavy atom. The molecular weight excluding hydrogens is 418 g/mol. The van der Waals surface area contributed by atoms with Gasteiger partial charge in [-0.15, -0.1) is 0 Å². The van der Waals surface area contributed by atoms with E-state index in [1.54, 1.807) is 36.5 Å². The highest BCUT2D eigenvalue weighted by atomic mass is 16.6. The lowest BCUT2D eigenvalue weighted by Crippen LogP contribution is -2.28. The minimum Gasteiger partial charge on any atom is -0.467 e. The van der Waals surface area contributed by atoms with Gasteiger partial charge < -0.3 is 23.9 Å². The summed E-state index contributed by atoms with van der Waals surface area (Å²) in [5.41, 5.74) is -0.259.